The lowest BCUT2D eigenvalue weighted by atomic mass is 9.93. The van der Waals surface area contributed by atoms with Crippen molar-refractivity contribution < 1.29 is 18.0 Å². The average Bonchev–Trinajstić information content (AvgIpc) is 3.32. The van der Waals surface area contributed by atoms with Crippen LogP contribution < -0.4 is 0 Å². The largest absolute Gasteiger partial charge is 0.433 e. The summed E-state index contributed by atoms with van der Waals surface area (Å²) in [5.74, 6) is 0.0209. The number of rotatable bonds is 3. The SMILES string of the molecule is CCc1cc(C(F)(F)F)n2nc(C3CCN(C(=O)c4csc(C)c4)CC3)cc2n1. The van der Waals surface area contributed by atoms with E-state index in [1.807, 2.05) is 23.3 Å². The number of aryl methyl sites for hydroxylation is 2. The van der Waals surface area contributed by atoms with Crippen LogP contribution in [0, 0.1) is 6.92 Å². The van der Waals surface area contributed by atoms with E-state index in [1.54, 1.807) is 24.3 Å². The van der Waals surface area contributed by atoms with Crippen molar-refractivity contribution in [1.29, 1.82) is 0 Å². The van der Waals surface area contributed by atoms with Gasteiger partial charge < -0.3 is 4.90 Å². The number of aromatic nitrogens is 3. The maximum Gasteiger partial charge on any atom is 0.433 e. The summed E-state index contributed by atoms with van der Waals surface area (Å²) in [4.78, 5) is 19.8. The number of thiophene rings is 1. The molecule has 9 heteroatoms. The molecule has 0 atom stereocenters. The summed E-state index contributed by atoms with van der Waals surface area (Å²) in [6.07, 6.45) is -2.74. The van der Waals surface area contributed by atoms with E-state index in [1.165, 1.54) is 0 Å². The van der Waals surface area contributed by atoms with Crippen LogP contribution in [-0.2, 0) is 12.6 Å². The Hall–Kier alpha value is -2.42. The molecule has 4 heterocycles. The van der Waals surface area contributed by atoms with Crippen molar-refractivity contribution in [2.24, 2.45) is 0 Å². The van der Waals surface area contributed by atoms with Gasteiger partial charge in [0.15, 0.2) is 5.65 Å². The van der Waals surface area contributed by atoms with Crippen molar-refractivity contribution >= 4 is 22.9 Å². The second kappa shape index (κ2) is 7.44. The van der Waals surface area contributed by atoms with Crippen molar-refractivity contribution in [2.45, 2.75) is 45.2 Å². The Morgan fingerprint density at radius 2 is 1.97 bits per heavy atom. The summed E-state index contributed by atoms with van der Waals surface area (Å²) in [6.45, 7) is 4.86. The fourth-order valence-corrected chi connectivity index (χ4v) is 4.42. The summed E-state index contributed by atoms with van der Waals surface area (Å²) < 4.78 is 41.3. The Kier molecular flexibility index (Phi) is 5.10. The number of fused-ring (bicyclic) bond motifs is 1. The van der Waals surface area contributed by atoms with Gasteiger partial charge in [-0.3, -0.25) is 4.79 Å². The molecular weight excluding hydrogens is 401 g/mol. The highest BCUT2D eigenvalue weighted by molar-refractivity contribution is 7.10. The first-order valence-electron chi connectivity index (χ1n) is 9.57. The predicted octanol–water partition coefficient (Wildman–Crippen LogP) is 4.70. The minimum atomic E-state index is -4.50. The molecule has 0 aliphatic carbocycles. The van der Waals surface area contributed by atoms with Gasteiger partial charge in [-0.25, -0.2) is 9.50 Å². The van der Waals surface area contributed by atoms with Crippen LogP contribution in [0.15, 0.2) is 23.6 Å². The molecule has 3 aromatic rings. The first-order chi connectivity index (χ1) is 13.8. The number of carbonyl (C=O) groups excluding carboxylic acids is 1. The van der Waals surface area contributed by atoms with Crippen LogP contribution >= 0.6 is 11.3 Å². The molecule has 0 radical (unpaired) electrons. The van der Waals surface area contributed by atoms with E-state index in [-0.39, 0.29) is 17.5 Å². The zero-order valence-electron chi connectivity index (χ0n) is 16.2. The fraction of sp³-hybridized carbons (Fsp3) is 0.450. The third-order valence-corrected chi connectivity index (χ3v) is 6.19. The Morgan fingerprint density at radius 1 is 1.24 bits per heavy atom. The zero-order chi connectivity index (χ0) is 20.8. The zero-order valence-corrected chi connectivity index (χ0v) is 17.0. The number of hydrogen-bond acceptors (Lipinski definition) is 4. The first-order valence-corrected chi connectivity index (χ1v) is 10.5. The van der Waals surface area contributed by atoms with Crippen LogP contribution in [0.4, 0.5) is 13.2 Å². The Morgan fingerprint density at radius 3 is 2.55 bits per heavy atom. The molecule has 1 saturated heterocycles. The predicted molar refractivity (Wildman–Crippen MR) is 104 cm³/mol. The number of piperidine rings is 1. The smallest absolute Gasteiger partial charge is 0.339 e. The standard InChI is InChI=1S/C20H21F3N4OS/c1-3-15-9-17(20(21,22)23)27-18(24-15)10-16(25-27)13-4-6-26(7-5-13)19(28)14-8-12(2)29-11-14/h8-11,13H,3-7H2,1-2H3. The number of hydrogen-bond donors (Lipinski definition) is 0. The molecule has 1 aliphatic rings. The molecule has 0 saturated carbocycles. The maximum atomic E-state index is 13.5. The van der Waals surface area contributed by atoms with Crippen molar-refractivity contribution in [2.75, 3.05) is 13.1 Å². The van der Waals surface area contributed by atoms with Gasteiger partial charge in [0.25, 0.3) is 5.91 Å². The number of alkyl halides is 3. The second-order valence-corrected chi connectivity index (χ2v) is 8.45. The molecule has 29 heavy (non-hydrogen) atoms. The van der Waals surface area contributed by atoms with E-state index in [4.69, 9.17) is 0 Å². The van der Waals surface area contributed by atoms with Crippen molar-refractivity contribution in [3.8, 4) is 0 Å². The van der Waals surface area contributed by atoms with E-state index in [0.29, 0.717) is 49.3 Å². The van der Waals surface area contributed by atoms with E-state index < -0.39 is 11.9 Å². The molecule has 0 N–H and O–H groups in total. The fourth-order valence-electron chi connectivity index (χ4n) is 3.74. The lowest BCUT2D eigenvalue weighted by molar-refractivity contribution is -0.142. The molecule has 0 aromatic carbocycles. The van der Waals surface area contributed by atoms with Gasteiger partial charge in [0.2, 0.25) is 0 Å². The highest BCUT2D eigenvalue weighted by atomic mass is 32.1. The molecule has 1 fully saturated rings. The maximum absolute atomic E-state index is 13.5. The van der Waals surface area contributed by atoms with Gasteiger partial charge in [-0.15, -0.1) is 11.3 Å². The van der Waals surface area contributed by atoms with Gasteiger partial charge in [-0.2, -0.15) is 18.3 Å². The molecule has 1 amide bonds. The van der Waals surface area contributed by atoms with E-state index in [2.05, 4.69) is 10.1 Å². The molecule has 0 unspecified atom stereocenters. The van der Waals surface area contributed by atoms with Gasteiger partial charge in [-0.1, -0.05) is 6.92 Å². The number of nitrogens with zero attached hydrogens (tertiary/aromatic N) is 4. The number of carbonyl (C=O) groups is 1. The molecule has 0 spiro atoms. The first kappa shape index (κ1) is 19.9. The highest BCUT2D eigenvalue weighted by Gasteiger charge is 2.35. The monoisotopic (exact) mass is 422 g/mol. The lowest BCUT2D eigenvalue weighted by Gasteiger charge is -2.31. The summed E-state index contributed by atoms with van der Waals surface area (Å²) >= 11 is 1.54. The van der Waals surface area contributed by atoms with Crippen LogP contribution in [0.2, 0.25) is 0 Å². The molecule has 5 nitrogen and oxygen atoms in total. The topological polar surface area (TPSA) is 50.5 Å². The third-order valence-electron chi connectivity index (χ3n) is 5.33. The Labute approximate surface area is 170 Å². The summed E-state index contributed by atoms with van der Waals surface area (Å²) in [5.41, 5.74) is 1.12. The van der Waals surface area contributed by atoms with Crippen LogP contribution in [0.3, 0.4) is 0 Å². The summed E-state index contributed by atoms with van der Waals surface area (Å²) in [7, 11) is 0. The van der Waals surface area contributed by atoms with Crippen LogP contribution in [-0.4, -0.2) is 38.5 Å². The quantitative estimate of drug-likeness (QED) is 0.615. The van der Waals surface area contributed by atoms with Crippen molar-refractivity contribution in [3.05, 3.63) is 51.1 Å². The summed E-state index contributed by atoms with van der Waals surface area (Å²) in [6, 6.07) is 4.60. The second-order valence-electron chi connectivity index (χ2n) is 7.34. The molecular formula is C20H21F3N4OS. The van der Waals surface area contributed by atoms with Gasteiger partial charge in [0.1, 0.15) is 5.69 Å². The molecule has 154 valence electrons. The molecule has 0 bridgehead atoms. The minimum Gasteiger partial charge on any atom is -0.339 e. The molecule has 1 aliphatic heterocycles. The van der Waals surface area contributed by atoms with Gasteiger partial charge >= 0.3 is 6.18 Å². The average molecular weight is 422 g/mol. The van der Waals surface area contributed by atoms with Crippen molar-refractivity contribution in [1.82, 2.24) is 19.5 Å². The number of likely N-dealkylation sites (tertiary alicyclic amines) is 1. The van der Waals surface area contributed by atoms with Crippen LogP contribution in [0.25, 0.3) is 5.65 Å². The van der Waals surface area contributed by atoms with Gasteiger partial charge in [0.05, 0.1) is 11.3 Å². The third kappa shape index (κ3) is 3.88. The van der Waals surface area contributed by atoms with E-state index in [9.17, 15) is 18.0 Å². The number of amides is 1. The lowest BCUT2D eigenvalue weighted by Crippen LogP contribution is -2.37. The van der Waals surface area contributed by atoms with Crippen molar-refractivity contribution in [3.63, 3.8) is 0 Å². The Bertz CT molecular complexity index is 1050. The van der Waals surface area contributed by atoms with Gasteiger partial charge in [-0.05, 0) is 38.3 Å². The normalized spacial score (nSPS) is 16.0. The summed E-state index contributed by atoms with van der Waals surface area (Å²) in [5, 5.41) is 6.10. The van der Waals surface area contributed by atoms with Crippen LogP contribution in [0.5, 0.6) is 0 Å². The molecule has 3 aromatic heterocycles. The van der Waals surface area contributed by atoms with E-state index >= 15 is 0 Å². The van der Waals surface area contributed by atoms with E-state index in [0.717, 1.165) is 15.5 Å². The van der Waals surface area contributed by atoms with Gasteiger partial charge in [0, 0.05) is 41.0 Å². The highest BCUT2D eigenvalue weighted by Crippen LogP contribution is 2.33. The van der Waals surface area contributed by atoms with Crippen LogP contribution in [0.1, 0.15) is 58.0 Å². The minimum absolute atomic E-state index is 0.0103. The number of halogens is 3. The molecule has 4 rings (SSSR count). The Balaban J connectivity index is 1.55.